The van der Waals surface area contributed by atoms with Crippen molar-refractivity contribution in [3.8, 4) is 11.4 Å². The van der Waals surface area contributed by atoms with Gasteiger partial charge in [0, 0.05) is 12.1 Å². The second-order valence-electron chi connectivity index (χ2n) is 4.87. The van der Waals surface area contributed by atoms with Gasteiger partial charge < -0.3 is 0 Å². The number of halogens is 1. The van der Waals surface area contributed by atoms with Crippen molar-refractivity contribution in [2.24, 2.45) is 5.92 Å². The van der Waals surface area contributed by atoms with Crippen LogP contribution in [0.25, 0.3) is 11.4 Å². The molecule has 2 aromatic rings. The van der Waals surface area contributed by atoms with Crippen LogP contribution in [0.4, 0.5) is 4.39 Å². The number of nitrogens with one attached hydrogen (secondary N) is 1. The molecule has 0 aliphatic carbocycles. The zero-order valence-corrected chi connectivity index (χ0v) is 11.5. The van der Waals surface area contributed by atoms with Crippen LogP contribution < -0.4 is 0 Å². The molecule has 0 aliphatic heterocycles. The summed E-state index contributed by atoms with van der Waals surface area (Å²) in [6.45, 7) is 6.84. The van der Waals surface area contributed by atoms with Gasteiger partial charge >= 0.3 is 0 Å². The highest BCUT2D eigenvalue weighted by molar-refractivity contribution is 7.71. The van der Waals surface area contributed by atoms with E-state index in [1.807, 2.05) is 17.6 Å². The summed E-state index contributed by atoms with van der Waals surface area (Å²) in [7, 11) is 0. The highest BCUT2D eigenvalue weighted by Gasteiger charge is 2.11. The molecule has 96 valence electrons. The lowest BCUT2D eigenvalue weighted by Crippen LogP contribution is -2.06. The lowest BCUT2D eigenvalue weighted by molar-refractivity contribution is 0.521. The third kappa shape index (κ3) is 2.67. The summed E-state index contributed by atoms with van der Waals surface area (Å²) in [6.07, 6.45) is 0. The first-order chi connectivity index (χ1) is 8.47. The zero-order chi connectivity index (χ0) is 13.3. The average Bonchev–Trinajstić information content (AvgIpc) is 2.58. The van der Waals surface area contributed by atoms with Crippen LogP contribution in [0.5, 0.6) is 0 Å². The molecule has 18 heavy (non-hydrogen) atoms. The van der Waals surface area contributed by atoms with Gasteiger partial charge in [-0.1, -0.05) is 13.8 Å². The molecule has 0 amide bonds. The quantitative estimate of drug-likeness (QED) is 0.858. The van der Waals surface area contributed by atoms with Crippen LogP contribution in [0, 0.1) is 23.4 Å². The predicted molar refractivity (Wildman–Crippen MR) is 72.4 cm³/mol. The van der Waals surface area contributed by atoms with Crippen molar-refractivity contribution in [2.75, 3.05) is 0 Å². The second kappa shape index (κ2) is 5.02. The van der Waals surface area contributed by atoms with Crippen LogP contribution in [0.3, 0.4) is 0 Å². The van der Waals surface area contributed by atoms with E-state index in [1.54, 1.807) is 0 Å². The molecule has 1 aromatic carbocycles. The van der Waals surface area contributed by atoms with Crippen molar-refractivity contribution < 1.29 is 4.39 Å². The van der Waals surface area contributed by atoms with E-state index in [0.717, 1.165) is 17.7 Å². The Hall–Kier alpha value is -1.49. The van der Waals surface area contributed by atoms with Crippen LogP contribution in [0.2, 0.25) is 0 Å². The van der Waals surface area contributed by atoms with Gasteiger partial charge in [0.1, 0.15) is 5.82 Å². The van der Waals surface area contributed by atoms with Gasteiger partial charge in [0.05, 0.1) is 0 Å². The zero-order valence-electron chi connectivity index (χ0n) is 10.7. The molecular formula is C13H16FN3S. The van der Waals surface area contributed by atoms with Crippen LogP contribution in [0.1, 0.15) is 19.4 Å². The minimum absolute atomic E-state index is 0.255. The molecule has 3 nitrogen and oxygen atoms in total. The van der Waals surface area contributed by atoms with Gasteiger partial charge in [-0.3, -0.25) is 9.67 Å². The molecule has 0 fully saturated rings. The smallest absolute Gasteiger partial charge is 0.195 e. The average molecular weight is 265 g/mol. The summed E-state index contributed by atoms with van der Waals surface area (Å²) in [4.78, 5) is 0. The fourth-order valence-corrected chi connectivity index (χ4v) is 2.14. The highest BCUT2D eigenvalue weighted by atomic mass is 32.1. The van der Waals surface area contributed by atoms with Gasteiger partial charge in [0.2, 0.25) is 0 Å². The maximum Gasteiger partial charge on any atom is 0.195 e. The monoisotopic (exact) mass is 265 g/mol. The van der Waals surface area contributed by atoms with E-state index in [0.29, 0.717) is 16.5 Å². The SMILES string of the molecule is Cc1cc(F)cc(-c2n[nH]c(=S)n2CC(C)C)c1. The molecule has 1 heterocycles. The number of nitrogens with zero attached hydrogens (tertiary/aromatic N) is 2. The Balaban J connectivity index is 2.53. The Labute approximate surface area is 111 Å². The van der Waals surface area contributed by atoms with Crippen molar-refractivity contribution in [2.45, 2.75) is 27.3 Å². The maximum atomic E-state index is 13.4. The number of aromatic nitrogens is 3. The molecule has 1 aromatic heterocycles. The Morgan fingerprint density at radius 2 is 2.11 bits per heavy atom. The van der Waals surface area contributed by atoms with Gasteiger partial charge in [0.15, 0.2) is 10.6 Å². The topological polar surface area (TPSA) is 33.6 Å². The number of aromatic amines is 1. The minimum atomic E-state index is -0.255. The molecule has 0 atom stereocenters. The molecule has 0 bridgehead atoms. The third-order valence-corrected chi connectivity index (χ3v) is 2.92. The normalized spacial score (nSPS) is 11.2. The third-order valence-electron chi connectivity index (χ3n) is 2.61. The van der Waals surface area contributed by atoms with Crippen LogP contribution in [-0.2, 0) is 6.54 Å². The van der Waals surface area contributed by atoms with E-state index in [4.69, 9.17) is 12.2 Å². The van der Waals surface area contributed by atoms with Crippen LogP contribution in [-0.4, -0.2) is 14.8 Å². The van der Waals surface area contributed by atoms with Crippen molar-refractivity contribution >= 4 is 12.2 Å². The molecule has 0 spiro atoms. The van der Waals surface area contributed by atoms with Gasteiger partial charge in [-0.2, -0.15) is 5.10 Å². The van der Waals surface area contributed by atoms with Crippen LogP contribution >= 0.6 is 12.2 Å². The van der Waals surface area contributed by atoms with Crippen molar-refractivity contribution in [3.05, 3.63) is 34.4 Å². The van der Waals surface area contributed by atoms with E-state index in [1.165, 1.54) is 12.1 Å². The van der Waals surface area contributed by atoms with E-state index < -0.39 is 0 Å². The van der Waals surface area contributed by atoms with Crippen LogP contribution in [0.15, 0.2) is 18.2 Å². The molecule has 0 aliphatic rings. The molecule has 0 radical (unpaired) electrons. The number of hydrogen-bond acceptors (Lipinski definition) is 2. The predicted octanol–water partition coefficient (Wildman–Crippen LogP) is 3.71. The number of H-pyrrole nitrogens is 1. The largest absolute Gasteiger partial charge is 0.300 e. The van der Waals surface area contributed by atoms with Gasteiger partial charge in [0.25, 0.3) is 0 Å². The summed E-state index contributed by atoms with van der Waals surface area (Å²) < 4.78 is 15.9. The van der Waals surface area contributed by atoms with E-state index in [2.05, 4.69) is 24.0 Å². The molecule has 0 unspecified atom stereocenters. The maximum absolute atomic E-state index is 13.4. The van der Waals surface area contributed by atoms with Crippen molar-refractivity contribution in [1.82, 2.24) is 14.8 Å². The van der Waals surface area contributed by atoms with E-state index in [-0.39, 0.29) is 5.82 Å². The standard InChI is InChI=1S/C13H16FN3S/c1-8(2)7-17-12(15-16-13(17)18)10-4-9(3)5-11(14)6-10/h4-6,8H,7H2,1-3H3,(H,16,18). The molecule has 0 saturated carbocycles. The van der Waals surface area contributed by atoms with E-state index in [9.17, 15) is 4.39 Å². The Morgan fingerprint density at radius 1 is 1.39 bits per heavy atom. The first kappa shape index (κ1) is 13.0. The lowest BCUT2D eigenvalue weighted by Gasteiger charge is -2.09. The first-order valence-corrected chi connectivity index (χ1v) is 6.31. The Bertz CT molecular complexity index is 593. The van der Waals surface area contributed by atoms with Gasteiger partial charge in [-0.15, -0.1) is 0 Å². The number of rotatable bonds is 3. The number of hydrogen-bond donors (Lipinski definition) is 1. The fourth-order valence-electron chi connectivity index (χ4n) is 1.94. The number of benzene rings is 1. The molecule has 5 heteroatoms. The van der Waals surface area contributed by atoms with Crippen molar-refractivity contribution in [3.63, 3.8) is 0 Å². The summed E-state index contributed by atoms with van der Waals surface area (Å²) in [5, 5.41) is 6.97. The minimum Gasteiger partial charge on any atom is -0.300 e. The summed E-state index contributed by atoms with van der Waals surface area (Å²) in [5.41, 5.74) is 1.62. The summed E-state index contributed by atoms with van der Waals surface area (Å²) >= 11 is 5.21. The molecule has 1 N–H and O–H groups in total. The van der Waals surface area contributed by atoms with Crippen molar-refractivity contribution in [1.29, 1.82) is 0 Å². The van der Waals surface area contributed by atoms with Gasteiger partial charge in [-0.25, -0.2) is 4.39 Å². The highest BCUT2D eigenvalue weighted by Crippen LogP contribution is 2.21. The Morgan fingerprint density at radius 3 is 2.72 bits per heavy atom. The number of aryl methyl sites for hydroxylation is 1. The van der Waals surface area contributed by atoms with Gasteiger partial charge in [-0.05, 0) is 48.8 Å². The molecule has 0 saturated heterocycles. The summed E-state index contributed by atoms with van der Waals surface area (Å²) in [5.74, 6) is 0.883. The molecular weight excluding hydrogens is 249 g/mol. The fraction of sp³-hybridized carbons (Fsp3) is 0.385. The molecule has 2 rings (SSSR count). The first-order valence-electron chi connectivity index (χ1n) is 5.90. The Kier molecular flexibility index (Phi) is 3.61. The second-order valence-corrected chi connectivity index (χ2v) is 5.26. The lowest BCUT2D eigenvalue weighted by atomic mass is 10.1. The summed E-state index contributed by atoms with van der Waals surface area (Å²) in [6, 6.07) is 4.89. The van der Waals surface area contributed by atoms with E-state index >= 15 is 0 Å².